The standard InChI is InChI=1S/C24H34N4OS/c1-5-13-27-14-9-11-17-18-10-8-12-20-23(18)19(15-21(17)27)22(16-30-4)28(20)25-24(29)26(6-2)7-3/h8,10-12,21H,5-7,9,13-16H2,1-4H3,(H,25,29)/t21-/m1/s1. The number of rotatable bonds is 7. The van der Waals surface area contributed by atoms with Crippen molar-refractivity contribution in [2.24, 2.45) is 0 Å². The molecule has 0 fully saturated rings. The van der Waals surface area contributed by atoms with Crippen molar-refractivity contribution in [3.8, 4) is 0 Å². The second kappa shape index (κ2) is 9.06. The van der Waals surface area contributed by atoms with Crippen molar-refractivity contribution in [1.82, 2.24) is 14.5 Å². The van der Waals surface area contributed by atoms with E-state index in [1.165, 1.54) is 34.2 Å². The van der Waals surface area contributed by atoms with Gasteiger partial charge in [0.15, 0.2) is 0 Å². The molecule has 0 unspecified atom stereocenters. The fraction of sp³-hybridized carbons (Fsp3) is 0.542. The molecule has 2 heterocycles. The molecule has 0 bridgehead atoms. The first kappa shape index (κ1) is 21.3. The van der Waals surface area contributed by atoms with E-state index in [4.69, 9.17) is 0 Å². The average molecular weight is 427 g/mol. The molecule has 1 aliphatic heterocycles. The second-order valence-corrected chi connectivity index (χ2v) is 9.05. The number of benzene rings is 1. The van der Waals surface area contributed by atoms with Gasteiger partial charge in [-0.05, 0) is 68.7 Å². The van der Waals surface area contributed by atoms with Crippen LogP contribution in [-0.2, 0) is 12.2 Å². The molecule has 30 heavy (non-hydrogen) atoms. The zero-order valence-corrected chi connectivity index (χ0v) is 19.5. The van der Waals surface area contributed by atoms with Crippen molar-refractivity contribution in [3.63, 3.8) is 0 Å². The molecule has 2 aromatic rings. The molecule has 1 aromatic carbocycles. The molecule has 0 spiro atoms. The number of thioether (sulfide) groups is 1. The molecule has 4 rings (SSSR count). The number of carbonyl (C=O) groups is 1. The Morgan fingerprint density at radius 1 is 1.27 bits per heavy atom. The van der Waals surface area contributed by atoms with Crippen LogP contribution in [0.15, 0.2) is 24.3 Å². The first-order chi connectivity index (χ1) is 14.6. The summed E-state index contributed by atoms with van der Waals surface area (Å²) in [6, 6.07) is 7.00. The van der Waals surface area contributed by atoms with Crippen LogP contribution < -0.4 is 5.43 Å². The molecule has 0 saturated heterocycles. The minimum atomic E-state index is -0.0281. The van der Waals surface area contributed by atoms with Crippen molar-refractivity contribution in [3.05, 3.63) is 41.1 Å². The van der Waals surface area contributed by atoms with E-state index in [0.717, 1.165) is 37.2 Å². The highest BCUT2D eigenvalue weighted by molar-refractivity contribution is 7.97. The Labute approximate surface area is 184 Å². The molecule has 0 saturated carbocycles. The summed E-state index contributed by atoms with van der Waals surface area (Å²) in [5, 5.41) is 1.34. The molecule has 2 aliphatic rings. The minimum Gasteiger partial charge on any atom is -0.324 e. The molecule has 2 amide bonds. The molecule has 162 valence electrons. The van der Waals surface area contributed by atoms with Gasteiger partial charge in [-0.3, -0.25) is 9.58 Å². The quantitative estimate of drug-likeness (QED) is 0.682. The number of nitrogens with zero attached hydrogens (tertiary/aromatic N) is 3. The van der Waals surface area contributed by atoms with Gasteiger partial charge in [0.05, 0.1) is 11.2 Å². The first-order valence-electron chi connectivity index (χ1n) is 11.3. The second-order valence-electron chi connectivity index (χ2n) is 8.19. The van der Waals surface area contributed by atoms with E-state index in [2.05, 4.69) is 52.5 Å². The smallest absolute Gasteiger partial charge is 0.324 e. The van der Waals surface area contributed by atoms with Crippen LogP contribution in [0.4, 0.5) is 4.79 Å². The topological polar surface area (TPSA) is 40.5 Å². The molecule has 0 radical (unpaired) electrons. The van der Waals surface area contributed by atoms with Gasteiger partial charge in [0, 0.05) is 36.8 Å². The highest BCUT2D eigenvalue weighted by Gasteiger charge is 2.35. The summed E-state index contributed by atoms with van der Waals surface area (Å²) >= 11 is 1.82. The summed E-state index contributed by atoms with van der Waals surface area (Å²) in [6.45, 7) is 10.0. The van der Waals surface area contributed by atoms with Crippen LogP contribution >= 0.6 is 11.8 Å². The van der Waals surface area contributed by atoms with Crippen LogP contribution in [0.5, 0.6) is 0 Å². The summed E-state index contributed by atoms with van der Waals surface area (Å²) in [5.41, 5.74) is 9.85. The maximum atomic E-state index is 12.9. The Kier molecular flexibility index (Phi) is 6.44. The number of nitrogens with one attached hydrogen (secondary N) is 1. The van der Waals surface area contributed by atoms with E-state index in [1.54, 1.807) is 0 Å². The average Bonchev–Trinajstić information content (AvgIpc) is 3.04. The molecule has 6 heteroatoms. The lowest BCUT2D eigenvalue weighted by atomic mass is 9.81. The van der Waals surface area contributed by atoms with E-state index in [1.807, 2.05) is 30.5 Å². The van der Waals surface area contributed by atoms with Crippen LogP contribution in [0.1, 0.15) is 50.4 Å². The Bertz CT molecular complexity index is 960. The summed E-state index contributed by atoms with van der Waals surface area (Å²) in [7, 11) is 0. The van der Waals surface area contributed by atoms with Crippen LogP contribution in [0.25, 0.3) is 16.5 Å². The van der Waals surface area contributed by atoms with Crippen molar-refractivity contribution in [2.75, 3.05) is 37.9 Å². The third-order valence-corrected chi connectivity index (χ3v) is 7.10. The fourth-order valence-corrected chi connectivity index (χ4v) is 5.75. The van der Waals surface area contributed by atoms with Gasteiger partial charge < -0.3 is 4.90 Å². The fourth-order valence-electron chi connectivity index (χ4n) is 5.17. The van der Waals surface area contributed by atoms with Crippen LogP contribution in [0.2, 0.25) is 0 Å². The van der Waals surface area contributed by atoms with E-state index < -0.39 is 0 Å². The van der Waals surface area contributed by atoms with Crippen molar-refractivity contribution in [1.29, 1.82) is 0 Å². The van der Waals surface area contributed by atoms with Crippen molar-refractivity contribution < 1.29 is 4.79 Å². The Hall–Kier alpha value is -1.92. The molecule has 1 N–H and O–H groups in total. The SMILES string of the molecule is CCCN1CCC=C2c3cccc4c3c(c(CSC)n4NC(=O)N(CC)CC)C[C@H]21. The Balaban J connectivity index is 1.85. The summed E-state index contributed by atoms with van der Waals surface area (Å²) in [4.78, 5) is 17.4. The van der Waals surface area contributed by atoms with Gasteiger partial charge in [0.1, 0.15) is 0 Å². The van der Waals surface area contributed by atoms with Gasteiger partial charge in [0.25, 0.3) is 0 Å². The number of hydrogen-bond acceptors (Lipinski definition) is 3. The van der Waals surface area contributed by atoms with Crippen LogP contribution in [0.3, 0.4) is 0 Å². The molecule has 1 atom stereocenters. The zero-order valence-electron chi connectivity index (χ0n) is 18.7. The molecule has 1 aliphatic carbocycles. The molecule has 5 nitrogen and oxygen atoms in total. The largest absolute Gasteiger partial charge is 0.336 e. The van der Waals surface area contributed by atoms with Crippen LogP contribution in [0, 0.1) is 0 Å². The third kappa shape index (κ3) is 3.54. The molecular formula is C24H34N4OS. The van der Waals surface area contributed by atoms with E-state index in [9.17, 15) is 4.79 Å². The number of amides is 2. The predicted octanol–water partition coefficient (Wildman–Crippen LogP) is 4.93. The first-order valence-corrected chi connectivity index (χ1v) is 12.7. The van der Waals surface area contributed by atoms with Gasteiger partial charge >= 0.3 is 6.03 Å². The monoisotopic (exact) mass is 426 g/mol. The molecular weight excluding hydrogens is 392 g/mol. The lowest BCUT2D eigenvalue weighted by Gasteiger charge is -2.39. The summed E-state index contributed by atoms with van der Waals surface area (Å²) in [5.74, 6) is 0.890. The zero-order chi connectivity index (χ0) is 21.3. The lowest BCUT2D eigenvalue weighted by Crippen LogP contribution is -2.42. The minimum absolute atomic E-state index is 0.0281. The number of aromatic nitrogens is 1. The number of hydrogen-bond donors (Lipinski definition) is 1. The van der Waals surface area contributed by atoms with E-state index in [-0.39, 0.29) is 6.03 Å². The highest BCUT2D eigenvalue weighted by atomic mass is 32.2. The van der Waals surface area contributed by atoms with Crippen LogP contribution in [-0.4, -0.2) is 59.0 Å². The predicted molar refractivity (Wildman–Crippen MR) is 129 cm³/mol. The van der Waals surface area contributed by atoms with Crippen molar-refractivity contribution >= 4 is 34.3 Å². The van der Waals surface area contributed by atoms with E-state index in [0.29, 0.717) is 19.1 Å². The maximum Gasteiger partial charge on any atom is 0.336 e. The Morgan fingerprint density at radius 2 is 2.07 bits per heavy atom. The molecule has 1 aromatic heterocycles. The third-order valence-electron chi connectivity index (χ3n) is 6.54. The summed E-state index contributed by atoms with van der Waals surface area (Å²) < 4.78 is 2.08. The summed E-state index contributed by atoms with van der Waals surface area (Å²) in [6.07, 6.45) is 7.92. The number of carbonyl (C=O) groups excluding carboxylic acids is 1. The highest BCUT2D eigenvalue weighted by Crippen LogP contribution is 2.43. The Morgan fingerprint density at radius 3 is 2.77 bits per heavy atom. The van der Waals surface area contributed by atoms with Gasteiger partial charge in [-0.1, -0.05) is 25.1 Å². The number of fused-ring (bicyclic) bond motifs is 2. The van der Waals surface area contributed by atoms with Crippen molar-refractivity contribution in [2.45, 2.75) is 51.8 Å². The van der Waals surface area contributed by atoms with Gasteiger partial charge in [-0.25, -0.2) is 10.2 Å². The van der Waals surface area contributed by atoms with Gasteiger partial charge in [-0.15, -0.1) is 0 Å². The van der Waals surface area contributed by atoms with E-state index >= 15 is 0 Å². The number of urea groups is 1. The normalized spacial score (nSPS) is 18.3. The maximum absolute atomic E-state index is 12.9. The van der Waals surface area contributed by atoms with Gasteiger partial charge in [-0.2, -0.15) is 11.8 Å². The lowest BCUT2D eigenvalue weighted by molar-refractivity contribution is 0.214. The van der Waals surface area contributed by atoms with Gasteiger partial charge in [0.2, 0.25) is 0 Å².